The number of methoxy groups -OCH3 is 6. The van der Waals surface area contributed by atoms with Crippen molar-refractivity contribution in [1.29, 1.82) is 0 Å². The molecule has 0 aliphatic carbocycles. The highest BCUT2D eigenvalue weighted by Crippen LogP contribution is 2.40. The van der Waals surface area contributed by atoms with Crippen LogP contribution in [-0.2, 0) is 0 Å². The third kappa shape index (κ3) is 5.79. The van der Waals surface area contributed by atoms with Crippen molar-refractivity contribution in [2.24, 2.45) is 0 Å². The Kier molecular flexibility index (Phi) is 9.13. The molecule has 208 valence electrons. The van der Waals surface area contributed by atoms with Gasteiger partial charge in [0.25, 0.3) is 11.8 Å². The van der Waals surface area contributed by atoms with Gasteiger partial charge in [-0.25, -0.2) is 0 Å². The fourth-order valence-corrected chi connectivity index (χ4v) is 4.37. The van der Waals surface area contributed by atoms with Gasteiger partial charge in [0.15, 0.2) is 23.0 Å². The summed E-state index contributed by atoms with van der Waals surface area (Å²) in [4.78, 5) is 26.6. The van der Waals surface area contributed by atoms with Gasteiger partial charge in [0, 0.05) is 22.5 Å². The highest BCUT2D eigenvalue weighted by Gasteiger charge is 2.22. The van der Waals surface area contributed by atoms with Crippen molar-refractivity contribution in [2.75, 3.05) is 53.3 Å². The lowest BCUT2D eigenvalue weighted by Gasteiger charge is -2.20. The number of hydrogen-bond acceptors (Lipinski definition) is 8. The molecule has 3 aromatic rings. The first-order valence-electron chi connectivity index (χ1n) is 12.0. The zero-order valence-electron chi connectivity index (χ0n) is 23.7. The van der Waals surface area contributed by atoms with Crippen molar-refractivity contribution in [3.8, 4) is 34.5 Å². The molecule has 39 heavy (non-hydrogen) atoms. The van der Waals surface area contributed by atoms with E-state index in [1.807, 2.05) is 26.8 Å². The van der Waals surface area contributed by atoms with E-state index in [9.17, 15) is 9.59 Å². The molecule has 0 aliphatic heterocycles. The normalized spacial score (nSPS) is 10.4. The van der Waals surface area contributed by atoms with Crippen LogP contribution in [-0.4, -0.2) is 54.5 Å². The third-order valence-corrected chi connectivity index (χ3v) is 6.30. The molecule has 0 aliphatic rings. The van der Waals surface area contributed by atoms with E-state index in [4.69, 9.17) is 28.4 Å². The second-order valence-electron chi connectivity index (χ2n) is 8.62. The summed E-state index contributed by atoms with van der Waals surface area (Å²) in [6, 6.07) is 8.18. The summed E-state index contributed by atoms with van der Waals surface area (Å²) in [7, 11) is 8.92. The first-order valence-corrected chi connectivity index (χ1v) is 12.0. The molecule has 0 bridgehead atoms. The average Bonchev–Trinajstić information content (AvgIpc) is 2.95. The lowest BCUT2D eigenvalue weighted by Crippen LogP contribution is -2.18. The Balaban J connectivity index is 1.98. The van der Waals surface area contributed by atoms with Crippen molar-refractivity contribution in [3.63, 3.8) is 0 Å². The molecular weight excluding hydrogens is 504 g/mol. The first-order chi connectivity index (χ1) is 18.6. The van der Waals surface area contributed by atoms with Gasteiger partial charge in [-0.1, -0.05) is 6.07 Å². The fourth-order valence-electron chi connectivity index (χ4n) is 4.37. The van der Waals surface area contributed by atoms with Crippen molar-refractivity contribution in [3.05, 3.63) is 58.1 Å². The molecule has 0 fully saturated rings. The number of nitrogens with one attached hydrogen (secondary N) is 2. The molecule has 0 heterocycles. The van der Waals surface area contributed by atoms with Crippen LogP contribution in [0, 0.1) is 20.8 Å². The Morgan fingerprint density at radius 3 is 1.08 bits per heavy atom. The first kappa shape index (κ1) is 29.0. The summed E-state index contributed by atoms with van der Waals surface area (Å²) in [5.41, 5.74) is 4.11. The molecular formula is C29H34N2O8. The van der Waals surface area contributed by atoms with E-state index < -0.39 is 0 Å². The standard InChI is InChI=1S/C29H34N2O8/c1-15-10-16(2)25(31-29(33)19-13-22(36-6)27(39-9)23(14-19)37-7)17(3)24(15)30-28(32)18-11-20(34-4)26(38-8)21(12-18)35-5/h10-14H,1-9H3,(H,30,32)(H,31,33). The lowest BCUT2D eigenvalue weighted by atomic mass is 10.0. The highest BCUT2D eigenvalue weighted by molar-refractivity contribution is 6.09. The summed E-state index contributed by atoms with van der Waals surface area (Å²) < 4.78 is 32.2. The zero-order valence-corrected chi connectivity index (χ0v) is 23.7. The molecule has 0 aromatic heterocycles. The second-order valence-corrected chi connectivity index (χ2v) is 8.62. The largest absolute Gasteiger partial charge is 0.493 e. The van der Waals surface area contributed by atoms with Crippen LogP contribution in [0.25, 0.3) is 0 Å². The molecule has 10 heteroatoms. The Hall–Kier alpha value is -4.60. The quantitative estimate of drug-likeness (QED) is 0.364. The van der Waals surface area contributed by atoms with E-state index in [1.165, 1.54) is 42.7 Å². The van der Waals surface area contributed by atoms with E-state index in [1.54, 1.807) is 24.3 Å². The maximum Gasteiger partial charge on any atom is 0.255 e. The monoisotopic (exact) mass is 538 g/mol. The summed E-state index contributed by atoms with van der Waals surface area (Å²) in [6.45, 7) is 5.60. The van der Waals surface area contributed by atoms with Crippen LogP contribution in [0.15, 0.2) is 30.3 Å². The Morgan fingerprint density at radius 1 is 0.513 bits per heavy atom. The third-order valence-electron chi connectivity index (χ3n) is 6.30. The topological polar surface area (TPSA) is 114 Å². The number of aryl methyl sites for hydroxylation is 2. The molecule has 2 N–H and O–H groups in total. The van der Waals surface area contributed by atoms with Crippen molar-refractivity contribution in [2.45, 2.75) is 20.8 Å². The number of amides is 2. The molecule has 3 rings (SSSR count). The van der Waals surface area contributed by atoms with Gasteiger partial charge in [0.05, 0.1) is 42.7 Å². The molecule has 0 atom stereocenters. The van der Waals surface area contributed by atoms with Crippen LogP contribution < -0.4 is 39.1 Å². The van der Waals surface area contributed by atoms with E-state index in [2.05, 4.69) is 10.6 Å². The van der Waals surface area contributed by atoms with Crippen LogP contribution in [0.3, 0.4) is 0 Å². The van der Waals surface area contributed by atoms with E-state index >= 15 is 0 Å². The molecule has 0 unspecified atom stereocenters. The molecule has 0 saturated carbocycles. The van der Waals surface area contributed by atoms with Gasteiger partial charge >= 0.3 is 0 Å². The number of ether oxygens (including phenoxy) is 6. The molecule has 2 amide bonds. The van der Waals surface area contributed by atoms with Gasteiger partial charge in [0.2, 0.25) is 11.5 Å². The van der Waals surface area contributed by atoms with Crippen LogP contribution in [0.2, 0.25) is 0 Å². The molecule has 0 saturated heterocycles. The van der Waals surface area contributed by atoms with Gasteiger partial charge in [0.1, 0.15) is 0 Å². The lowest BCUT2D eigenvalue weighted by molar-refractivity contribution is 0.101. The SMILES string of the molecule is COc1cc(C(=O)Nc2c(C)cc(C)c(NC(=O)c3cc(OC)c(OC)c(OC)c3)c2C)cc(OC)c1OC. The zero-order chi connectivity index (χ0) is 28.9. The second kappa shape index (κ2) is 12.3. The highest BCUT2D eigenvalue weighted by atomic mass is 16.5. The maximum atomic E-state index is 13.3. The predicted octanol–water partition coefficient (Wildman–Crippen LogP) is 5.17. The number of hydrogen-bond donors (Lipinski definition) is 2. The fraction of sp³-hybridized carbons (Fsp3) is 0.310. The molecule has 10 nitrogen and oxygen atoms in total. The predicted molar refractivity (Wildman–Crippen MR) is 149 cm³/mol. The number of carbonyl (C=O) groups excluding carboxylic acids is 2. The summed E-state index contributed by atoms with van der Waals surface area (Å²) in [5.74, 6) is 1.44. The minimum atomic E-state index is -0.383. The minimum Gasteiger partial charge on any atom is -0.493 e. The van der Waals surface area contributed by atoms with Crippen LogP contribution in [0.1, 0.15) is 37.4 Å². The number of carbonyl (C=O) groups is 2. The van der Waals surface area contributed by atoms with Crippen molar-refractivity contribution in [1.82, 2.24) is 0 Å². The van der Waals surface area contributed by atoms with Gasteiger partial charge in [-0.3, -0.25) is 9.59 Å². The smallest absolute Gasteiger partial charge is 0.255 e. The van der Waals surface area contributed by atoms with Crippen LogP contribution in [0.5, 0.6) is 34.5 Å². The van der Waals surface area contributed by atoms with Crippen LogP contribution in [0.4, 0.5) is 11.4 Å². The van der Waals surface area contributed by atoms with Crippen molar-refractivity contribution < 1.29 is 38.0 Å². The van der Waals surface area contributed by atoms with Gasteiger partial charge in [-0.15, -0.1) is 0 Å². The van der Waals surface area contributed by atoms with E-state index in [0.29, 0.717) is 62.6 Å². The molecule has 3 aromatic carbocycles. The number of anilines is 2. The number of benzene rings is 3. The minimum absolute atomic E-state index is 0.312. The van der Waals surface area contributed by atoms with Crippen LogP contribution >= 0.6 is 0 Å². The van der Waals surface area contributed by atoms with Crippen molar-refractivity contribution >= 4 is 23.2 Å². The van der Waals surface area contributed by atoms with Gasteiger partial charge in [-0.05, 0) is 61.7 Å². The van der Waals surface area contributed by atoms with Gasteiger partial charge in [-0.2, -0.15) is 0 Å². The Labute approximate surface area is 228 Å². The summed E-state index contributed by atoms with van der Waals surface area (Å²) >= 11 is 0. The Bertz CT molecular complexity index is 1250. The average molecular weight is 539 g/mol. The maximum absolute atomic E-state index is 13.3. The number of rotatable bonds is 10. The Morgan fingerprint density at radius 2 is 0.821 bits per heavy atom. The van der Waals surface area contributed by atoms with E-state index in [-0.39, 0.29) is 11.8 Å². The summed E-state index contributed by atoms with van der Waals surface area (Å²) in [6.07, 6.45) is 0. The molecule has 0 spiro atoms. The molecule has 0 radical (unpaired) electrons. The van der Waals surface area contributed by atoms with E-state index in [0.717, 1.165) is 11.1 Å². The summed E-state index contributed by atoms with van der Waals surface area (Å²) in [5, 5.41) is 5.94. The van der Waals surface area contributed by atoms with Gasteiger partial charge < -0.3 is 39.1 Å².